The van der Waals surface area contributed by atoms with E-state index in [-0.39, 0.29) is 12.1 Å². The summed E-state index contributed by atoms with van der Waals surface area (Å²) in [5.41, 5.74) is 1.32. The van der Waals surface area contributed by atoms with Crippen molar-refractivity contribution in [3.63, 3.8) is 0 Å². The summed E-state index contributed by atoms with van der Waals surface area (Å²) in [6.45, 7) is 5.26. The molecule has 2 bridgehead atoms. The van der Waals surface area contributed by atoms with E-state index in [2.05, 4.69) is 10.4 Å². The molecule has 0 saturated carbocycles. The van der Waals surface area contributed by atoms with Gasteiger partial charge >= 0.3 is 0 Å². The van der Waals surface area contributed by atoms with Gasteiger partial charge in [-0.25, -0.2) is 8.42 Å². The fourth-order valence-corrected chi connectivity index (χ4v) is 5.87. The summed E-state index contributed by atoms with van der Waals surface area (Å²) < 4.78 is 29.6. The highest BCUT2D eigenvalue weighted by Gasteiger charge is 2.44. The maximum atomic E-state index is 13.1. The summed E-state index contributed by atoms with van der Waals surface area (Å²) in [7, 11) is -1.66. The van der Waals surface area contributed by atoms with E-state index < -0.39 is 10.0 Å². The van der Waals surface area contributed by atoms with Crippen LogP contribution >= 0.6 is 0 Å². The summed E-state index contributed by atoms with van der Waals surface area (Å²) in [4.78, 5) is 0.402. The molecule has 7 heteroatoms. The van der Waals surface area contributed by atoms with Crippen molar-refractivity contribution in [3.05, 3.63) is 11.4 Å². The Bertz CT molecular complexity index is 609. The molecule has 6 nitrogen and oxygen atoms in total. The van der Waals surface area contributed by atoms with Crippen LogP contribution in [0.3, 0.4) is 0 Å². The highest BCUT2D eigenvalue weighted by molar-refractivity contribution is 7.89. The lowest BCUT2D eigenvalue weighted by atomic mass is 10.1. The Morgan fingerprint density at radius 3 is 2.55 bits per heavy atom. The van der Waals surface area contributed by atoms with Gasteiger partial charge in [0.1, 0.15) is 4.90 Å². The average Bonchev–Trinajstić information content (AvgIpc) is 2.76. The lowest BCUT2D eigenvalue weighted by Crippen LogP contribution is -2.42. The summed E-state index contributed by atoms with van der Waals surface area (Å²) in [5.74, 6) is 0. The maximum absolute atomic E-state index is 13.1. The van der Waals surface area contributed by atoms with Gasteiger partial charge in [0.05, 0.1) is 11.4 Å². The van der Waals surface area contributed by atoms with E-state index in [1.165, 1.54) is 0 Å². The van der Waals surface area contributed by atoms with Gasteiger partial charge in [0.25, 0.3) is 0 Å². The molecule has 1 N–H and O–H groups in total. The fraction of sp³-hybridized carbons (Fsp3) is 0.769. The molecule has 2 saturated heterocycles. The smallest absolute Gasteiger partial charge is 0.247 e. The van der Waals surface area contributed by atoms with Gasteiger partial charge in [-0.3, -0.25) is 4.68 Å². The van der Waals surface area contributed by atoms with Crippen LogP contribution in [0, 0.1) is 13.8 Å². The van der Waals surface area contributed by atoms with E-state index in [1.54, 1.807) is 23.0 Å². The molecule has 20 heavy (non-hydrogen) atoms. The predicted octanol–water partition coefficient (Wildman–Crippen LogP) is 0.552. The summed E-state index contributed by atoms with van der Waals surface area (Å²) >= 11 is 0. The van der Waals surface area contributed by atoms with Gasteiger partial charge < -0.3 is 5.32 Å². The van der Waals surface area contributed by atoms with Crippen molar-refractivity contribution in [1.82, 2.24) is 19.4 Å². The van der Waals surface area contributed by atoms with Crippen molar-refractivity contribution in [2.45, 2.75) is 50.1 Å². The van der Waals surface area contributed by atoms with Crippen LogP contribution < -0.4 is 5.32 Å². The molecule has 3 heterocycles. The van der Waals surface area contributed by atoms with Crippen LogP contribution in [-0.2, 0) is 17.1 Å². The number of hydrogen-bond acceptors (Lipinski definition) is 4. The molecule has 0 amide bonds. The topological polar surface area (TPSA) is 67.2 Å². The van der Waals surface area contributed by atoms with Gasteiger partial charge in [-0.05, 0) is 39.7 Å². The van der Waals surface area contributed by atoms with E-state index in [4.69, 9.17) is 0 Å². The number of nitrogens with zero attached hydrogens (tertiary/aromatic N) is 3. The molecular weight excluding hydrogens is 276 g/mol. The number of hydrogen-bond donors (Lipinski definition) is 1. The zero-order chi connectivity index (χ0) is 14.5. The van der Waals surface area contributed by atoms with Crippen LogP contribution in [0.25, 0.3) is 0 Å². The number of aromatic nitrogens is 2. The molecule has 0 radical (unpaired) electrons. The number of aryl methyl sites for hydroxylation is 2. The van der Waals surface area contributed by atoms with Crippen LogP contribution in [0.1, 0.15) is 30.7 Å². The molecular formula is C13H22N4O2S. The zero-order valence-corrected chi connectivity index (χ0v) is 13.1. The van der Waals surface area contributed by atoms with Crippen LogP contribution in [0.4, 0.5) is 0 Å². The fourth-order valence-electron chi connectivity index (χ4n) is 3.56. The van der Waals surface area contributed by atoms with Gasteiger partial charge in [0, 0.05) is 25.7 Å². The first-order valence-corrected chi connectivity index (χ1v) is 8.61. The van der Waals surface area contributed by atoms with Crippen molar-refractivity contribution >= 4 is 10.0 Å². The molecule has 1 aromatic rings. The number of nitrogens with one attached hydrogen (secondary N) is 1. The lowest BCUT2D eigenvalue weighted by Gasteiger charge is -2.27. The molecule has 112 valence electrons. The second kappa shape index (κ2) is 4.82. The van der Waals surface area contributed by atoms with E-state index in [0.717, 1.165) is 38.0 Å². The Morgan fingerprint density at radius 2 is 1.90 bits per heavy atom. The van der Waals surface area contributed by atoms with Gasteiger partial charge in [-0.2, -0.15) is 9.40 Å². The van der Waals surface area contributed by atoms with Crippen LogP contribution in [0.5, 0.6) is 0 Å². The lowest BCUT2D eigenvalue weighted by molar-refractivity contribution is 0.334. The molecule has 1 aromatic heterocycles. The van der Waals surface area contributed by atoms with Crippen LogP contribution in [-0.4, -0.2) is 47.7 Å². The molecule has 0 spiro atoms. The quantitative estimate of drug-likeness (QED) is 0.866. The highest BCUT2D eigenvalue weighted by atomic mass is 32.2. The van der Waals surface area contributed by atoms with E-state index in [0.29, 0.717) is 10.6 Å². The Labute approximate surface area is 120 Å². The molecule has 2 aliphatic heterocycles. The molecule has 2 unspecified atom stereocenters. The molecule has 2 fully saturated rings. The molecule has 2 aliphatic rings. The van der Waals surface area contributed by atoms with Crippen molar-refractivity contribution in [1.29, 1.82) is 0 Å². The Kier molecular flexibility index (Phi) is 3.38. The van der Waals surface area contributed by atoms with Gasteiger partial charge in [0.15, 0.2) is 0 Å². The minimum atomic E-state index is -3.45. The van der Waals surface area contributed by atoms with Gasteiger partial charge in [0.2, 0.25) is 10.0 Å². The van der Waals surface area contributed by atoms with Gasteiger partial charge in [-0.1, -0.05) is 0 Å². The minimum absolute atomic E-state index is 0.0894. The van der Waals surface area contributed by atoms with Crippen molar-refractivity contribution in [2.24, 2.45) is 7.05 Å². The first kappa shape index (κ1) is 14.0. The minimum Gasteiger partial charge on any atom is -0.315 e. The Morgan fingerprint density at radius 1 is 1.20 bits per heavy atom. The second-order valence-electron chi connectivity index (χ2n) is 5.84. The number of fused-ring (bicyclic) bond motifs is 2. The Hall–Kier alpha value is -0.920. The summed E-state index contributed by atoms with van der Waals surface area (Å²) in [5, 5.41) is 7.60. The first-order chi connectivity index (χ1) is 9.43. The molecule has 2 atom stereocenters. The third-order valence-electron chi connectivity index (χ3n) is 4.57. The first-order valence-electron chi connectivity index (χ1n) is 7.17. The summed E-state index contributed by atoms with van der Waals surface area (Å²) in [6.07, 6.45) is 2.83. The third kappa shape index (κ3) is 1.99. The van der Waals surface area contributed by atoms with Crippen molar-refractivity contribution < 1.29 is 8.42 Å². The van der Waals surface area contributed by atoms with Crippen LogP contribution in [0.2, 0.25) is 0 Å². The van der Waals surface area contributed by atoms with E-state index >= 15 is 0 Å². The van der Waals surface area contributed by atoms with E-state index in [1.807, 2.05) is 6.92 Å². The van der Waals surface area contributed by atoms with Gasteiger partial charge in [-0.15, -0.1) is 0 Å². The second-order valence-corrected chi connectivity index (χ2v) is 7.62. The highest BCUT2D eigenvalue weighted by Crippen LogP contribution is 2.35. The van der Waals surface area contributed by atoms with E-state index in [9.17, 15) is 8.42 Å². The maximum Gasteiger partial charge on any atom is 0.247 e. The molecule has 3 rings (SSSR count). The van der Waals surface area contributed by atoms with Crippen molar-refractivity contribution in [2.75, 3.05) is 13.1 Å². The predicted molar refractivity (Wildman–Crippen MR) is 76.0 cm³/mol. The standard InChI is InChI=1S/C13H22N4O2S/c1-9-13(10(2)16(3)15-9)20(18,19)17-11-4-5-12(17)8-14-7-6-11/h11-12,14H,4-8H2,1-3H3. The largest absolute Gasteiger partial charge is 0.315 e. The zero-order valence-electron chi connectivity index (χ0n) is 12.3. The summed E-state index contributed by atoms with van der Waals surface area (Å²) in [6, 6.07) is 0.227. The third-order valence-corrected chi connectivity index (χ3v) is 6.82. The SMILES string of the molecule is Cc1nn(C)c(C)c1S(=O)(=O)N1C2CCNCC1CC2. The normalized spacial score (nSPS) is 27.8. The van der Waals surface area contributed by atoms with Crippen molar-refractivity contribution in [3.8, 4) is 0 Å². The Balaban J connectivity index is 2.08. The molecule has 0 aromatic carbocycles. The number of rotatable bonds is 2. The average molecular weight is 298 g/mol. The van der Waals surface area contributed by atoms with Crippen LogP contribution in [0.15, 0.2) is 4.90 Å². The monoisotopic (exact) mass is 298 g/mol. The molecule has 0 aliphatic carbocycles. The number of sulfonamides is 1.